The summed E-state index contributed by atoms with van der Waals surface area (Å²) in [7, 11) is 0. The molecule has 0 saturated heterocycles. The summed E-state index contributed by atoms with van der Waals surface area (Å²) < 4.78 is 0. The Hall–Kier alpha value is -2.01. The first-order valence-corrected chi connectivity index (χ1v) is 6.58. The third kappa shape index (κ3) is 3.51. The predicted octanol–water partition coefficient (Wildman–Crippen LogP) is 2.80. The Kier molecular flexibility index (Phi) is 4.29. The van der Waals surface area contributed by atoms with Crippen molar-refractivity contribution in [1.82, 2.24) is 5.32 Å². The van der Waals surface area contributed by atoms with E-state index in [4.69, 9.17) is 16.7 Å². The molecule has 2 amide bonds. The number of aliphatic carboxylic acids is 1. The molecule has 0 aromatic heterocycles. The van der Waals surface area contributed by atoms with Gasteiger partial charge in [-0.2, -0.15) is 0 Å². The minimum atomic E-state index is -0.878. The van der Waals surface area contributed by atoms with Crippen LogP contribution in [0.5, 0.6) is 0 Å². The van der Waals surface area contributed by atoms with Gasteiger partial charge in [0, 0.05) is 10.7 Å². The van der Waals surface area contributed by atoms with Crippen molar-refractivity contribution in [2.45, 2.75) is 19.4 Å². The van der Waals surface area contributed by atoms with E-state index in [0.717, 1.165) is 5.56 Å². The van der Waals surface area contributed by atoms with Crippen LogP contribution < -0.4 is 10.6 Å². The van der Waals surface area contributed by atoms with Crippen molar-refractivity contribution in [3.8, 4) is 0 Å². The molecule has 106 valence electrons. The normalized spacial score (nSPS) is 20.7. The standard InChI is InChI=1S/C14H15ClN2O3/c1-8-2-4-10(15)7-12(8)17-14(20)16-11-5-3-9(6-11)13(18)19/h2-5,7,9,11H,6H2,1H3,(H,18,19)(H2,16,17,20). The fourth-order valence-corrected chi connectivity index (χ4v) is 2.22. The average molecular weight is 295 g/mol. The molecule has 0 aliphatic heterocycles. The van der Waals surface area contributed by atoms with Gasteiger partial charge in [0.15, 0.2) is 0 Å². The lowest BCUT2D eigenvalue weighted by atomic mass is 10.1. The van der Waals surface area contributed by atoms with Crippen LogP contribution in [0.3, 0.4) is 0 Å². The number of carboxylic acids is 1. The van der Waals surface area contributed by atoms with E-state index in [9.17, 15) is 9.59 Å². The molecule has 2 rings (SSSR count). The number of anilines is 1. The summed E-state index contributed by atoms with van der Waals surface area (Å²) in [6, 6.07) is 4.58. The number of hydrogen-bond donors (Lipinski definition) is 3. The maximum Gasteiger partial charge on any atom is 0.319 e. The highest BCUT2D eigenvalue weighted by molar-refractivity contribution is 6.31. The van der Waals surface area contributed by atoms with Crippen molar-refractivity contribution in [2.24, 2.45) is 5.92 Å². The van der Waals surface area contributed by atoms with Crippen LogP contribution in [0.1, 0.15) is 12.0 Å². The van der Waals surface area contributed by atoms with Gasteiger partial charge in [-0.25, -0.2) is 4.79 Å². The summed E-state index contributed by atoms with van der Waals surface area (Å²) in [5.41, 5.74) is 1.53. The van der Waals surface area contributed by atoms with Crippen LogP contribution >= 0.6 is 11.6 Å². The van der Waals surface area contributed by atoms with E-state index in [0.29, 0.717) is 17.1 Å². The molecule has 1 aliphatic rings. The molecule has 3 N–H and O–H groups in total. The van der Waals surface area contributed by atoms with E-state index >= 15 is 0 Å². The molecule has 0 fully saturated rings. The molecule has 20 heavy (non-hydrogen) atoms. The maximum absolute atomic E-state index is 11.9. The molecule has 0 spiro atoms. The fraction of sp³-hybridized carbons (Fsp3) is 0.286. The first-order chi connectivity index (χ1) is 9.45. The third-order valence-corrected chi connectivity index (χ3v) is 3.40. The van der Waals surface area contributed by atoms with E-state index < -0.39 is 11.9 Å². The monoisotopic (exact) mass is 294 g/mol. The van der Waals surface area contributed by atoms with Crippen LogP contribution in [0.4, 0.5) is 10.5 Å². The molecular formula is C14H15ClN2O3. The highest BCUT2D eigenvalue weighted by atomic mass is 35.5. The zero-order valence-electron chi connectivity index (χ0n) is 10.9. The Balaban J connectivity index is 1.92. The zero-order chi connectivity index (χ0) is 14.7. The van der Waals surface area contributed by atoms with E-state index in [1.165, 1.54) is 0 Å². The second kappa shape index (κ2) is 5.96. The van der Waals surface area contributed by atoms with Crippen molar-refractivity contribution < 1.29 is 14.7 Å². The van der Waals surface area contributed by atoms with Crippen molar-refractivity contribution in [1.29, 1.82) is 0 Å². The summed E-state index contributed by atoms with van der Waals surface area (Å²) in [5, 5.41) is 14.8. The van der Waals surface area contributed by atoms with Crippen molar-refractivity contribution >= 4 is 29.3 Å². The van der Waals surface area contributed by atoms with Gasteiger partial charge >= 0.3 is 12.0 Å². The Labute approximate surface area is 121 Å². The van der Waals surface area contributed by atoms with Gasteiger partial charge in [0.2, 0.25) is 0 Å². The summed E-state index contributed by atoms with van der Waals surface area (Å²) in [6.45, 7) is 1.86. The molecule has 1 aromatic carbocycles. The Morgan fingerprint density at radius 3 is 2.75 bits per heavy atom. The first kappa shape index (κ1) is 14.4. The predicted molar refractivity (Wildman–Crippen MR) is 77.0 cm³/mol. The van der Waals surface area contributed by atoms with Crippen molar-refractivity contribution in [2.75, 3.05) is 5.32 Å². The SMILES string of the molecule is Cc1ccc(Cl)cc1NC(=O)NC1C=CC(C(=O)O)C1. The number of nitrogens with one attached hydrogen (secondary N) is 2. The van der Waals surface area contributed by atoms with Crippen LogP contribution in [0.15, 0.2) is 30.4 Å². The van der Waals surface area contributed by atoms with Gasteiger partial charge in [-0.1, -0.05) is 29.8 Å². The van der Waals surface area contributed by atoms with E-state index in [1.807, 2.05) is 13.0 Å². The zero-order valence-corrected chi connectivity index (χ0v) is 11.6. The molecule has 1 aromatic rings. The van der Waals surface area contributed by atoms with Crippen LogP contribution in [0.2, 0.25) is 5.02 Å². The summed E-state index contributed by atoms with van der Waals surface area (Å²) in [6.07, 6.45) is 3.67. The van der Waals surface area contributed by atoms with Gasteiger partial charge in [-0.15, -0.1) is 0 Å². The lowest BCUT2D eigenvalue weighted by Gasteiger charge is -2.14. The molecular weight excluding hydrogens is 280 g/mol. The lowest BCUT2D eigenvalue weighted by molar-refractivity contribution is -0.140. The molecule has 2 atom stereocenters. The number of benzene rings is 1. The van der Waals surface area contributed by atoms with Gasteiger partial charge in [-0.3, -0.25) is 4.79 Å². The van der Waals surface area contributed by atoms with Gasteiger partial charge in [0.1, 0.15) is 0 Å². The molecule has 0 radical (unpaired) electrons. The Morgan fingerprint density at radius 1 is 1.35 bits per heavy atom. The summed E-state index contributed by atoms with van der Waals surface area (Å²) >= 11 is 5.88. The molecule has 0 heterocycles. The third-order valence-electron chi connectivity index (χ3n) is 3.17. The van der Waals surface area contributed by atoms with E-state index in [-0.39, 0.29) is 12.1 Å². The number of carboxylic acid groups (broad SMARTS) is 1. The van der Waals surface area contributed by atoms with E-state index in [1.54, 1.807) is 24.3 Å². The molecule has 6 heteroatoms. The highest BCUT2D eigenvalue weighted by Crippen LogP contribution is 2.21. The molecule has 0 saturated carbocycles. The van der Waals surface area contributed by atoms with Gasteiger partial charge < -0.3 is 15.7 Å². The quantitative estimate of drug-likeness (QED) is 0.750. The summed E-state index contributed by atoms with van der Waals surface area (Å²) in [5.74, 6) is -1.41. The average Bonchev–Trinajstić information content (AvgIpc) is 2.82. The minimum Gasteiger partial charge on any atom is -0.481 e. The topological polar surface area (TPSA) is 78.4 Å². The number of halogens is 1. The number of carbonyl (C=O) groups is 2. The van der Waals surface area contributed by atoms with Gasteiger partial charge in [0.25, 0.3) is 0 Å². The second-order valence-electron chi connectivity index (χ2n) is 4.73. The molecule has 0 bridgehead atoms. The second-order valence-corrected chi connectivity index (χ2v) is 5.17. The minimum absolute atomic E-state index is 0.268. The lowest BCUT2D eigenvalue weighted by Crippen LogP contribution is -2.36. The smallest absolute Gasteiger partial charge is 0.319 e. The first-order valence-electron chi connectivity index (χ1n) is 6.20. The van der Waals surface area contributed by atoms with Crippen molar-refractivity contribution in [3.05, 3.63) is 40.9 Å². The highest BCUT2D eigenvalue weighted by Gasteiger charge is 2.25. The van der Waals surface area contributed by atoms with Crippen LogP contribution in [0, 0.1) is 12.8 Å². The van der Waals surface area contributed by atoms with Crippen LogP contribution in [-0.4, -0.2) is 23.1 Å². The largest absolute Gasteiger partial charge is 0.481 e. The Morgan fingerprint density at radius 2 is 2.10 bits per heavy atom. The number of rotatable bonds is 3. The molecule has 5 nitrogen and oxygen atoms in total. The molecule has 1 aliphatic carbocycles. The van der Waals surface area contributed by atoms with E-state index in [2.05, 4.69) is 10.6 Å². The van der Waals surface area contributed by atoms with Crippen LogP contribution in [0.25, 0.3) is 0 Å². The maximum atomic E-state index is 11.9. The number of urea groups is 1. The number of carbonyl (C=O) groups excluding carboxylic acids is 1. The van der Waals surface area contributed by atoms with Gasteiger partial charge in [0.05, 0.1) is 12.0 Å². The van der Waals surface area contributed by atoms with Crippen molar-refractivity contribution in [3.63, 3.8) is 0 Å². The number of aryl methyl sites for hydroxylation is 1. The summed E-state index contributed by atoms with van der Waals surface area (Å²) in [4.78, 5) is 22.7. The molecule has 2 unspecified atom stereocenters. The van der Waals surface area contributed by atoms with Crippen LogP contribution in [-0.2, 0) is 4.79 Å². The fourth-order valence-electron chi connectivity index (χ4n) is 2.04. The number of hydrogen-bond acceptors (Lipinski definition) is 2. The number of amides is 2. The Bertz CT molecular complexity index is 572. The van der Waals surface area contributed by atoms with Gasteiger partial charge in [-0.05, 0) is 31.0 Å².